The summed E-state index contributed by atoms with van der Waals surface area (Å²) in [7, 11) is 0. The van der Waals surface area contributed by atoms with Gasteiger partial charge in [0.15, 0.2) is 0 Å². The molecule has 0 radical (unpaired) electrons. The number of aliphatic hydroxyl groups excluding tert-OH is 1. The van der Waals surface area contributed by atoms with E-state index in [9.17, 15) is 9.90 Å². The predicted molar refractivity (Wildman–Crippen MR) is 98.8 cm³/mol. The maximum Gasteiger partial charge on any atom is 0.256 e. The van der Waals surface area contributed by atoms with Crippen molar-refractivity contribution >= 4 is 16.8 Å². The standard InChI is InChI=1S/C20H27N3O2/c1-2-14-5-3-6-15-16(13-21-19(14)15)20(25)23-11-9-22(10-12-23)17-7-4-8-18(17)24/h3,5-6,13,17-18,21,24H,2,4,7-12H2,1H3/t17-,18-/m1/s1. The molecule has 0 spiro atoms. The number of hydrogen-bond acceptors (Lipinski definition) is 3. The first-order valence-corrected chi connectivity index (χ1v) is 9.49. The zero-order valence-electron chi connectivity index (χ0n) is 14.9. The summed E-state index contributed by atoms with van der Waals surface area (Å²) in [6, 6.07) is 6.46. The number of aliphatic hydroxyl groups is 1. The lowest BCUT2D eigenvalue weighted by Gasteiger charge is -2.39. The topological polar surface area (TPSA) is 59.6 Å². The van der Waals surface area contributed by atoms with E-state index in [1.807, 2.05) is 23.2 Å². The second-order valence-corrected chi connectivity index (χ2v) is 7.29. The van der Waals surface area contributed by atoms with Gasteiger partial charge in [0.1, 0.15) is 0 Å². The fourth-order valence-corrected chi connectivity index (χ4v) is 4.46. The largest absolute Gasteiger partial charge is 0.391 e. The number of carbonyl (C=O) groups is 1. The quantitative estimate of drug-likeness (QED) is 0.901. The zero-order valence-corrected chi connectivity index (χ0v) is 14.9. The summed E-state index contributed by atoms with van der Waals surface area (Å²) in [4.78, 5) is 20.6. The number of aromatic nitrogens is 1. The van der Waals surface area contributed by atoms with Gasteiger partial charge in [-0.1, -0.05) is 25.1 Å². The molecule has 2 heterocycles. The van der Waals surface area contributed by atoms with Gasteiger partial charge in [0.05, 0.1) is 11.7 Å². The molecular weight excluding hydrogens is 314 g/mol. The highest BCUT2D eigenvalue weighted by atomic mass is 16.3. The smallest absolute Gasteiger partial charge is 0.256 e. The Balaban J connectivity index is 1.48. The second kappa shape index (κ2) is 6.81. The van der Waals surface area contributed by atoms with Crippen LogP contribution in [0.1, 0.15) is 42.1 Å². The van der Waals surface area contributed by atoms with Crippen LogP contribution in [-0.2, 0) is 6.42 Å². The molecule has 2 atom stereocenters. The maximum atomic E-state index is 13.0. The average molecular weight is 341 g/mol. The van der Waals surface area contributed by atoms with Crippen molar-refractivity contribution in [2.75, 3.05) is 26.2 Å². The Bertz CT molecular complexity index is 761. The lowest BCUT2D eigenvalue weighted by atomic mass is 10.1. The van der Waals surface area contributed by atoms with E-state index in [1.165, 1.54) is 5.56 Å². The minimum absolute atomic E-state index is 0.117. The first kappa shape index (κ1) is 16.6. The lowest BCUT2D eigenvalue weighted by molar-refractivity contribution is 0.0316. The summed E-state index contributed by atoms with van der Waals surface area (Å²) in [6.45, 7) is 5.32. The zero-order chi connectivity index (χ0) is 17.4. The molecule has 2 fully saturated rings. The summed E-state index contributed by atoms with van der Waals surface area (Å²) in [6.07, 6.45) is 5.73. The molecule has 1 aromatic heterocycles. The van der Waals surface area contributed by atoms with Crippen LogP contribution in [-0.4, -0.2) is 64.1 Å². The van der Waals surface area contributed by atoms with Gasteiger partial charge in [0.2, 0.25) is 0 Å². The van der Waals surface area contributed by atoms with E-state index in [0.717, 1.165) is 68.3 Å². The van der Waals surface area contributed by atoms with Crippen molar-refractivity contribution < 1.29 is 9.90 Å². The fourth-order valence-electron chi connectivity index (χ4n) is 4.46. The molecule has 1 amide bonds. The number of nitrogens with zero attached hydrogens (tertiary/aromatic N) is 2. The van der Waals surface area contributed by atoms with Crippen LogP contribution in [0.25, 0.3) is 10.9 Å². The monoisotopic (exact) mass is 341 g/mol. The van der Waals surface area contributed by atoms with Gasteiger partial charge in [-0.25, -0.2) is 0 Å². The number of rotatable bonds is 3. The predicted octanol–water partition coefficient (Wildman–Crippen LogP) is 2.40. The molecule has 134 valence electrons. The number of amides is 1. The van der Waals surface area contributed by atoms with Crippen LogP contribution >= 0.6 is 0 Å². The van der Waals surface area contributed by atoms with Gasteiger partial charge in [0, 0.05) is 49.3 Å². The first-order valence-electron chi connectivity index (χ1n) is 9.49. The highest BCUT2D eigenvalue weighted by Gasteiger charge is 2.33. The number of benzene rings is 1. The van der Waals surface area contributed by atoms with E-state index < -0.39 is 0 Å². The molecule has 2 aliphatic rings. The number of hydrogen-bond donors (Lipinski definition) is 2. The van der Waals surface area contributed by atoms with Gasteiger partial charge in [-0.05, 0) is 31.2 Å². The molecule has 0 unspecified atom stereocenters. The molecule has 2 aromatic rings. The molecule has 1 aromatic carbocycles. The van der Waals surface area contributed by atoms with Crippen molar-refractivity contribution in [3.05, 3.63) is 35.5 Å². The third kappa shape index (κ3) is 2.96. The van der Waals surface area contributed by atoms with Gasteiger partial charge >= 0.3 is 0 Å². The van der Waals surface area contributed by atoms with Crippen LogP contribution in [0.5, 0.6) is 0 Å². The molecule has 25 heavy (non-hydrogen) atoms. The third-order valence-electron chi connectivity index (χ3n) is 5.93. The van der Waals surface area contributed by atoms with Crippen molar-refractivity contribution in [1.29, 1.82) is 0 Å². The molecule has 1 aliphatic carbocycles. The first-order chi connectivity index (χ1) is 12.2. The molecule has 5 nitrogen and oxygen atoms in total. The Morgan fingerprint density at radius 1 is 1.24 bits per heavy atom. The maximum absolute atomic E-state index is 13.0. The summed E-state index contributed by atoms with van der Waals surface area (Å²) < 4.78 is 0. The molecule has 1 aliphatic heterocycles. The molecule has 0 bridgehead atoms. The van der Waals surface area contributed by atoms with E-state index >= 15 is 0 Å². The van der Waals surface area contributed by atoms with Gasteiger partial charge in [-0.15, -0.1) is 0 Å². The molecule has 1 saturated heterocycles. The molecule has 5 heteroatoms. The Hall–Kier alpha value is -1.85. The van der Waals surface area contributed by atoms with E-state index in [1.54, 1.807) is 0 Å². The van der Waals surface area contributed by atoms with Crippen LogP contribution in [0.3, 0.4) is 0 Å². The van der Waals surface area contributed by atoms with Crippen molar-refractivity contribution in [3.63, 3.8) is 0 Å². The Morgan fingerprint density at radius 3 is 2.72 bits per heavy atom. The molecule has 1 saturated carbocycles. The summed E-state index contributed by atoms with van der Waals surface area (Å²) >= 11 is 0. The minimum atomic E-state index is -0.191. The van der Waals surface area contributed by atoms with Crippen molar-refractivity contribution in [2.45, 2.75) is 44.8 Å². The number of H-pyrrole nitrogens is 1. The Labute approximate surface area is 148 Å². The number of aryl methyl sites for hydroxylation is 1. The van der Waals surface area contributed by atoms with Gasteiger partial charge in [0.25, 0.3) is 5.91 Å². The SMILES string of the molecule is CCc1cccc2c(C(=O)N3CCN([C@@H]4CCC[C@H]4O)CC3)c[nH]c12. The number of piperazine rings is 1. The normalized spacial score (nSPS) is 25.0. The third-order valence-corrected chi connectivity index (χ3v) is 5.93. The van der Waals surface area contributed by atoms with Crippen molar-refractivity contribution in [1.82, 2.24) is 14.8 Å². The highest BCUT2D eigenvalue weighted by Crippen LogP contribution is 2.27. The highest BCUT2D eigenvalue weighted by molar-refractivity contribution is 6.07. The van der Waals surface area contributed by atoms with E-state index in [4.69, 9.17) is 0 Å². The van der Waals surface area contributed by atoms with Gasteiger partial charge in [-0.2, -0.15) is 0 Å². The van der Waals surface area contributed by atoms with Crippen LogP contribution in [0, 0.1) is 0 Å². The molecule has 4 rings (SSSR count). The second-order valence-electron chi connectivity index (χ2n) is 7.29. The lowest BCUT2D eigenvalue weighted by Crippen LogP contribution is -2.53. The minimum Gasteiger partial charge on any atom is -0.391 e. The van der Waals surface area contributed by atoms with Crippen molar-refractivity contribution in [2.24, 2.45) is 0 Å². The Kier molecular flexibility index (Phi) is 4.52. The summed E-state index contributed by atoms with van der Waals surface area (Å²) in [5, 5.41) is 11.1. The van der Waals surface area contributed by atoms with E-state index in [2.05, 4.69) is 22.9 Å². The van der Waals surface area contributed by atoms with Crippen LogP contribution in [0.4, 0.5) is 0 Å². The summed E-state index contributed by atoms with van der Waals surface area (Å²) in [5.74, 6) is 0.117. The molecular formula is C20H27N3O2. The fraction of sp³-hybridized carbons (Fsp3) is 0.550. The van der Waals surface area contributed by atoms with Crippen LogP contribution < -0.4 is 0 Å². The number of carbonyl (C=O) groups excluding carboxylic acids is 1. The number of fused-ring (bicyclic) bond motifs is 1. The molecule has 2 N–H and O–H groups in total. The number of para-hydroxylation sites is 1. The van der Waals surface area contributed by atoms with Crippen molar-refractivity contribution in [3.8, 4) is 0 Å². The van der Waals surface area contributed by atoms with Crippen LogP contribution in [0.2, 0.25) is 0 Å². The number of aromatic amines is 1. The van der Waals surface area contributed by atoms with E-state index in [0.29, 0.717) is 0 Å². The Morgan fingerprint density at radius 2 is 2.04 bits per heavy atom. The number of nitrogens with one attached hydrogen (secondary N) is 1. The summed E-state index contributed by atoms with van der Waals surface area (Å²) in [5.41, 5.74) is 3.11. The van der Waals surface area contributed by atoms with Crippen LogP contribution in [0.15, 0.2) is 24.4 Å². The van der Waals surface area contributed by atoms with E-state index in [-0.39, 0.29) is 18.1 Å². The average Bonchev–Trinajstić information content (AvgIpc) is 3.27. The van der Waals surface area contributed by atoms with Gasteiger partial charge in [-0.3, -0.25) is 9.69 Å². The van der Waals surface area contributed by atoms with Gasteiger partial charge < -0.3 is 15.0 Å².